The lowest BCUT2D eigenvalue weighted by Gasteiger charge is -2.07. The number of hydrogen-bond acceptors (Lipinski definition) is 2. The molecule has 0 aliphatic heterocycles. The van der Waals surface area contributed by atoms with Gasteiger partial charge in [0.05, 0.1) is 7.11 Å². The Morgan fingerprint density at radius 1 is 1.43 bits per heavy atom. The predicted octanol–water partition coefficient (Wildman–Crippen LogP) is 2.78. The van der Waals surface area contributed by atoms with Crippen molar-refractivity contribution in [2.75, 3.05) is 7.11 Å². The van der Waals surface area contributed by atoms with Crippen LogP contribution in [0.3, 0.4) is 0 Å². The van der Waals surface area contributed by atoms with Crippen molar-refractivity contribution in [1.82, 2.24) is 0 Å². The van der Waals surface area contributed by atoms with E-state index in [0.29, 0.717) is 5.92 Å². The van der Waals surface area contributed by atoms with Crippen LogP contribution < -0.4 is 4.74 Å². The van der Waals surface area contributed by atoms with Gasteiger partial charge in [0.25, 0.3) is 0 Å². The number of ether oxygens (including phenoxy) is 1. The highest BCUT2D eigenvalue weighted by Crippen LogP contribution is 2.42. The molecule has 1 aromatic rings. The van der Waals surface area contributed by atoms with Crippen LogP contribution in [0.25, 0.3) is 0 Å². The Kier molecular flexibility index (Phi) is 2.28. The zero-order chi connectivity index (χ0) is 10.1. The zero-order valence-corrected chi connectivity index (χ0v) is 8.54. The summed E-state index contributed by atoms with van der Waals surface area (Å²) in [6.07, 6.45) is 2.40. The van der Waals surface area contributed by atoms with Crippen molar-refractivity contribution in [2.45, 2.75) is 25.7 Å². The summed E-state index contributed by atoms with van der Waals surface area (Å²) in [5, 5.41) is 0. The molecule has 2 rings (SSSR count). The van der Waals surface area contributed by atoms with Gasteiger partial charge in [0.1, 0.15) is 5.75 Å². The highest BCUT2D eigenvalue weighted by molar-refractivity contribution is 5.96. The van der Waals surface area contributed by atoms with E-state index in [1.807, 2.05) is 18.2 Å². The molecule has 0 heterocycles. The van der Waals surface area contributed by atoms with Crippen LogP contribution in [0.2, 0.25) is 0 Å². The van der Waals surface area contributed by atoms with Crippen LogP contribution in [0, 0.1) is 0 Å². The maximum atomic E-state index is 11.4. The van der Waals surface area contributed by atoms with Crippen molar-refractivity contribution in [3.05, 3.63) is 29.3 Å². The van der Waals surface area contributed by atoms with Crippen molar-refractivity contribution in [1.29, 1.82) is 0 Å². The summed E-state index contributed by atoms with van der Waals surface area (Å²) < 4.78 is 5.16. The first kappa shape index (κ1) is 9.25. The minimum atomic E-state index is 0.148. The highest BCUT2D eigenvalue weighted by atomic mass is 16.5. The van der Waals surface area contributed by atoms with E-state index < -0.39 is 0 Å². The van der Waals surface area contributed by atoms with E-state index in [4.69, 9.17) is 4.74 Å². The molecule has 1 fully saturated rings. The maximum Gasteiger partial charge on any atom is 0.160 e. The molecule has 2 nitrogen and oxygen atoms in total. The molecule has 0 radical (unpaired) electrons. The number of carbonyl (C=O) groups excluding carboxylic acids is 1. The number of benzene rings is 1. The molecule has 0 saturated heterocycles. The predicted molar refractivity (Wildman–Crippen MR) is 55.0 cm³/mol. The van der Waals surface area contributed by atoms with Crippen LogP contribution in [-0.4, -0.2) is 12.9 Å². The Morgan fingerprint density at radius 2 is 2.14 bits per heavy atom. The Bertz CT molecular complexity index is 365. The summed E-state index contributed by atoms with van der Waals surface area (Å²) in [6.45, 7) is 1.62. The first-order valence-corrected chi connectivity index (χ1v) is 4.91. The number of Topliss-reactive ketones (excluding diaryl/α,β-unsaturated/α-hetero) is 1. The smallest absolute Gasteiger partial charge is 0.160 e. The number of rotatable bonds is 3. The summed E-state index contributed by atoms with van der Waals surface area (Å²) in [7, 11) is 1.65. The van der Waals surface area contributed by atoms with E-state index in [-0.39, 0.29) is 5.78 Å². The molecule has 0 N–H and O–H groups in total. The second-order valence-corrected chi connectivity index (χ2v) is 3.78. The summed E-state index contributed by atoms with van der Waals surface area (Å²) in [4.78, 5) is 11.4. The van der Waals surface area contributed by atoms with Gasteiger partial charge in [-0.25, -0.2) is 0 Å². The highest BCUT2D eigenvalue weighted by Gasteiger charge is 2.27. The molecule has 0 atom stereocenters. The Morgan fingerprint density at radius 3 is 2.64 bits per heavy atom. The molecule has 1 aliphatic rings. The fraction of sp³-hybridized carbons (Fsp3) is 0.417. The second kappa shape index (κ2) is 3.45. The molecule has 0 bridgehead atoms. The van der Waals surface area contributed by atoms with E-state index in [0.717, 1.165) is 16.9 Å². The topological polar surface area (TPSA) is 26.3 Å². The Labute approximate surface area is 83.9 Å². The van der Waals surface area contributed by atoms with Gasteiger partial charge >= 0.3 is 0 Å². The van der Waals surface area contributed by atoms with Crippen molar-refractivity contribution >= 4 is 5.78 Å². The minimum Gasteiger partial charge on any atom is -0.497 e. The van der Waals surface area contributed by atoms with Crippen LogP contribution >= 0.6 is 0 Å². The van der Waals surface area contributed by atoms with Gasteiger partial charge in [-0.05, 0) is 49.4 Å². The first-order chi connectivity index (χ1) is 6.72. The van der Waals surface area contributed by atoms with Gasteiger partial charge in [0.2, 0.25) is 0 Å². The molecule has 0 spiro atoms. The summed E-state index contributed by atoms with van der Waals surface area (Å²) in [6, 6.07) is 5.71. The number of methoxy groups -OCH3 is 1. The molecular weight excluding hydrogens is 176 g/mol. The van der Waals surface area contributed by atoms with Gasteiger partial charge in [0, 0.05) is 5.56 Å². The second-order valence-electron chi connectivity index (χ2n) is 3.78. The quantitative estimate of drug-likeness (QED) is 0.685. The molecular formula is C12H14O2. The molecule has 0 amide bonds. The van der Waals surface area contributed by atoms with Gasteiger partial charge in [0.15, 0.2) is 5.78 Å². The van der Waals surface area contributed by atoms with Crippen molar-refractivity contribution < 1.29 is 9.53 Å². The third-order valence-corrected chi connectivity index (χ3v) is 2.66. The molecule has 14 heavy (non-hydrogen) atoms. The molecule has 1 saturated carbocycles. The van der Waals surface area contributed by atoms with Gasteiger partial charge < -0.3 is 4.74 Å². The van der Waals surface area contributed by atoms with Gasteiger partial charge in [-0.15, -0.1) is 0 Å². The van der Waals surface area contributed by atoms with Crippen LogP contribution in [0.5, 0.6) is 5.75 Å². The lowest BCUT2D eigenvalue weighted by atomic mass is 10.0. The average molecular weight is 190 g/mol. The van der Waals surface area contributed by atoms with Crippen LogP contribution in [0.15, 0.2) is 18.2 Å². The third-order valence-electron chi connectivity index (χ3n) is 2.66. The molecule has 1 aromatic carbocycles. The van der Waals surface area contributed by atoms with Gasteiger partial charge in [-0.3, -0.25) is 4.79 Å². The van der Waals surface area contributed by atoms with Gasteiger partial charge in [-0.1, -0.05) is 0 Å². The van der Waals surface area contributed by atoms with Gasteiger partial charge in [-0.2, -0.15) is 0 Å². The van der Waals surface area contributed by atoms with Crippen molar-refractivity contribution in [2.24, 2.45) is 0 Å². The van der Waals surface area contributed by atoms with E-state index in [9.17, 15) is 4.79 Å². The zero-order valence-electron chi connectivity index (χ0n) is 8.54. The van der Waals surface area contributed by atoms with E-state index in [2.05, 4.69) is 0 Å². The number of carbonyl (C=O) groups is 1. The SMILES string of the molecule is COc1ccc(C(C)=O)c(C2CC2)c1. The average Bonchev–Trinajstić information content (AvgIpc) is 3.00. The Balaban J connectivity index is 2.43. The third kappa shape index (κ3) is 1.65. The van der Waals surface area contributed by atoms with E-state index in [1.54, 1.807) is 14.0 Å². The van der Waals surface area contributed by atoms with Crippen LogP contribution in [-0.2, 0) is 0 Å². The molecule has 0 unspecified atom stereocenters. The van der Waals surface area contributed by atoms with E-state index >= 15 is 0 Å². The lowest BCUT2D eigenvalue weighted by molar-refractivity contribution is 0.101. The summed E-state index contributed by atoms with van der Waals surface area (Å²) in [5.41, 5.74) is 2.02. The fourth-order valence-corrected chi connectivity index (χ4v) is 1.72. The molecule has 2 heteroatoms. The van der Waals surface area contributed by atoms with Crippen LogP contribution in [0.4, 0.5) is 0 Å². The van der Waals surface area contributed by atoms with Crippen molar-refractivity contribution in [3.8, 4) is 5.75 Å². The molecule has 1 aliphatic carbocycles. The largest absolute Gasteiger partial charge is 0.497 e. The summed E-state index contributed by atoms with van der Waals surface area (Å²) in [5.74, 6) is 1.58. The maximum absolute atomic E-state index is 11.4. The summed E-state index contributed by atoms with van der Waals surface area (Å²) >= 11 is 0. The van der Waals surface area contributed by atoms with Crippen LogP contribution in [0.1, 0.15) is 41.6 Å². The fourth-order valence-electron chi connectivity index (χ4n) is 1.72. The minimum absolute atomic E-state index is 0.148. The monoisotopic (exact) mass is 190 g/mol. The standard InChI is InChI=1S/C12H14O2/c1-8(13)11-6-5-10(14-2)7-12(11)9-3-4-9/h5-7,9H,3-4H2,1-2H3. The first-order valence-electron chi connectivity index (χ1n) is 4.91. The van der Waals surface area contributed by atoms with Crippen molar-refractivity contribution in [3.63, 3.8) is 0 Å². The normalized spacial score (nSPS) is 15.3. The van der Waals surface area contributed by atoms with E-state index in [1.165, 1.54) is 12.8 Å². The number of ketones is 1. The number of hydrogen-bond donors (Lipinski definition) is 0. The lowest BCUT2D eigenvalue weighted by Crippen LogP contribution is -1.99. The molecule has 0 aromatic heterocycles. The Hall–Kier alpha value is -1.31. The molecule has 74 valence electrons.